The molecule has 316 valence electrons. The molecule has 0 spiro atoms. The van der Waals surface area contributed by atoms with Crippen molar-refractivity contribution in [1.82, 2.24) is 19.5 Å². The van der Waals surface area contributed by atoms with Crippen LogP contribution in [0, 0.1) is 0 Å². The molecule has 14 rings (SSSR count). The highest BCUT2D eigenvalue weighted by Crippen LogP contribution is 2.43. The third kappa shape index (κ3) is 6.06. The van der Waals surface area contributed by atoms with Gasteiger partial charge in [-0.3, -0.25) is 0 Å². The molecule has 0 amide bonds. The second kappa shape index (κ2) is 15.2. The Hall–Kier alpha value is -9.19. The van der Waals surface area contributed by atoms with Gasteiger partial charge in [0.1, 0.15) is 11.2 Å². The number of aromatic nitrogens is 4. The van der Waals surface area contributed by atoms with Crippen molar-refractivity contribution >= 4 is 76.1 Å². The smallest absolute Gasteiger partial charge is 0.164 e. The van der Waals surface area contributed by atoms with Gasteiger partial charge in [-0.2, -0.15) is 0 Å². The molecule has 3 aromatic heterocycles. The van der Waals surface area contributed by atoms with E-state index in [2.05, 4.69) is 205 Å². The summed E-state index contributed by atoms with van der Waals surface area (Å²) in [5.41, 5.74) is 12.0. The third-order valence-corrected chi connectivity index (χ3v) is 13.6. The van der Waals surface area contributed by atoms with Crippen LogP contribution in [0.3, 0.4) is 0 Å². The van der Waals surface area contributed by atoms with Gasteiger partial charge in [0, 0.05) is 43.9 Å². The second-order valence-electron chi connectivity index (χ2n) is 17.5. The normalized spacial score (nSPS) is 11.8. The van der Waals surface area contributed by atoms with Crippen LogP contribution in [0.4, 0.5) is 0 Å². The quantitative estimate of drug-likeness (QED) is 0.156. The number of furan rings is 1. The highest BCUT2D eigenvalue weighted by atomic mass is 16.3. The summed E-state index contributed by atoms with van der Waals surface area (Å²) in [6.07, 6.45) is 0. The predicted octanol–water partition coefficient (Wildman–Crippen LogP) is 16.7. The Morgan fingerprint density at radius 2 is 0.794 bits per heavy atom. The van der Waals surface area contributed by atoms with E-state index in [4.69, 9.17) is 19.4 Å². The third-order valence-electron chi connectivity index (χ3n) is 13.6. The average Bonchev–Trinajstić information content (AvgIpc) is 3.96. The summed E-state index contributed by atoms with van der Waals surface area (Å²) in [4.78, 5) is 15.7. The van der Waals surface area contributed by atoms with Crippen molar-refractivity contribution in [3.05, 3.63) is 231 Å². The fourth-order valence-corrected chi connectivity index (χ4v) is 10.5. The van der Waals surface area contributed by atoms with Gasteiger partial charge >= 0.3 is 0 Å². The molecule has 0 atom stereocenters. The van der Waals surface area contributed by atoms with Crippen molar-refractivity contribution in [3.8, 4) is 62.1 Å². The Bertz CT molecular complexity index is 4290. The number of fused-ring (bicyclic) bond motifs is 12. The summed E-state index contributed by atoms with van der Waals surface area (Å²) in [5.74, 6) is 1.75. The molecule has 0 unspecified atom stereocenters. The molecule has 0 aliphatic carbocycles. The molecular weight excluding hydrogens is 829 g/mol. The summed E-state index contributed by atoms with van der Waals surface area (Å²) in [6.45, 7) is 0. The maximum Gasteiger partial charge on any atom is 0.164 e. The maximum atomic E-state index is 6.70. The Morgan fingerprint density at radius 1 is 0.279 bits per heavy atom. The zero-order valence-electron chi connectivity index (χ0n) is 36.6. The molecule has 0 aliphatic rings. The van der Waals surface area contributed by atoms with Crippen LogP contribution in [0.15, 0.2) is 235 Å². The van der Waals surface area contributed by atoms with Crippen LogP contribution in [-0.4, -0.2) is 19.5 Å². The lowest BCUT2D eigenvalue weighted by atomic mass is 9.92. The predicted molar refractivity (Wildman–Crippen MR) is 281 cm³/mol. The van der Waals surface area contributed by atoms with Crippen molar-refractivity contribution < 1.29 is 4.42 Å². The highest BCUT2D eigenvalue weighted by molar-refractivity contribution is 6.26. The molecule has 5 heteroatoms. The van der Waals surface area contributed by atoms with E-state index in [-0.39, 0.29) is 0 Å². The zero-order chi connectivity index (χ0) is 44.7. The van der Waals surface area contributed by atoms with Crippen molar-refractivity contribution in [3.63, 3.8) is 0 Å². The minimum atomic E-state index is 0.564. The molecule has 0 fully saturated rings. The molecule has 0 saturated heterocycles. The van der Waals surface area contributed by atoms with Crippen molar-refractivity contribution in [2.24, 2.45) is 0 Å². The van der Waals surface area contributed by atoms with Gasteiger partial charge in [0.2, 0.25) is 0 Å². The van der Waals surface area contributed by atoms with E-state index >= 15 is 0 Å². The monoisotopic (exact) mass is 866 g/mol. The summed E-state index contributed by atoms with van der Waals surface area (Å²) in [5, 5.41) is 12.0. The number of benzene rings is 11. The summed E-state index contributed by atoms with van der Waals surface area (Å²) < 4.78 is 9.05. The van der Waals surface area contributed by atoms with Crippen LogP contribution in [0.25, 0.3) is 138 Å². The van der Waals surface area contributed by atoms with Gasteiger partial charge in [0.15, 0.2) is 17.5 Å². The molecular formula is C63H38N4O. The van der Waals surface area contributed by atoms with Crippen LogP contribution < -0.4 is 0 Å². The van der Waals surface area contributed by atoms with E-state index in [1.165, 1.54) is 43.1 Å². The van der Waals surface area contributed by atoms with E-state index in [0.717, 1.165) is 77.6 Å². The minimum Gasteiger partial charge on any atom is -0.456 e. The SMILES string of the molecule is c1ccc(-c2nc(-c3cccc(-c4ccc5c6ccccc6c6ccccc6c5c4)c3)nc(-c3cc(-c4ccc5c(c4)c4ccccc4n5-c4ccccc4)c4c(c3)oc3ccccc34)n2)cc1. The lowest BCUT2D eigenvalue weighted by Crippen LogP contribution is -2.00. The van der Waals surface area contributed by atoms with Crippen LogP contribution in [0.1, 0.15) is 0 Å². The molecule has 0 bridgehead atoms. The number of nitrogens with zero attached hydrogens (tertiary/aromatic N) is 4. The lowest BCUT2D eigenvalue weighted by molar-refractivity contribution is 0.669. The van der Waals surface area contributed by atoms with Gasteiger partial charge in [0.25, 0.3) is 0 Å². The molecule has 14 aromatic rings. The first-order valence-corrected chi connectivity index (χ1v) is 23.0. The van der Waals surface area contributed by atoms with Gasteiger partial charge in [0.05, 0.1) is 11.0 Å². The van der Waals surface area contributed by atoms with E-state index < -0.39 is 0 Å². The van der Waals surface area contributed by atoms with Gasteiger partial charge in [-0.1, -0.05) is 170 Å². The molecule has 5 nitrogen and oxygen atoms in total. The van der Waals surface area contributed by atoms with Crippen molar-refractivity contribution in [2.75, 3.05) is 0 Å². The molecule has 0 radical (unpaired) electrons. The summed E-state index contributed by atoms with van der Waals surface area (Å²) in [6, 6.07) is 81.6. The largest absolute Gasteiger partial charge is 0.456 e. The molecule has 0 aliphatic heterocycles. The van der Waals surface area contributed by atoms with Crippen LogP contribution in [0.5, 0.6) is 0 Å². The summed E-state index contributed by atoms with van der Waals surface area (Å²) in [7, 11) is 0. The van der Waals surface area contributed by atoms with Gasteiger partial charge in [-0.25, -0.2) is 15.0 Å². The lowest BCUT2D eigenvalue weighted by Gasteiger charge is -2.13. The van der Waals surface area contributed by atoms with Crippen LogP contribution >= 0.6 is 0 Å². The van der Waals surface area contributed by atoms with E-state index in [1.807, 2.05) is 30.3 Å². The summed E-state index contributed by atoms with van der Waals surface area (Å²) >= 11 is 0. The maximum absolute atomic E-state index is 6.70. The molecule has 3 heterocycles. The first-order chi connectivity index (χ1) is 33.7. The van der Waals surface area contributed by atoms with E-state index in [0.29, 0.717) is 17.5 Å². The number of hydrogen-bond acceptors (Lipinski definition) is 4. The number of para-hydroxylation sites is 3. The second-order valence-corrected chi connectivity index (χ2v) is 17.5. The van der Waals surface area contributed by atoms with E-state index in [9.17, 15) is 0 Å². The van der Waals surface area contributed by atoms with Crippen molar-refractivity contribution in [2.45, 2.75) is 0 Å². The fourth-order valence-electron chi connectivity index (χ4n) is 10.5. The number of rotatable bonds is 6. The van der Waals surface area contributed by atoms with Gasteiger partial charge < -0.3 is 8.98 Å². The minimum absolute atomic E-state index is 0.564. The zero-order valence-corrected chi connectivity index (χ0v) is 36.6. The standard InChI is InChI=1S/C63H38N4O/c1-3-16-39(17-4-1)61-64-62(43-19-15-18-40(34-43)41-30-32-50-48-24-8-7-22-46(48)47-23-9-10-25-49(47)54(50)35-41)66-63(65-61)44-37-53(60-52-27-12-14-29-58(52)68-59(60)38-44)42-31-33-57-55(36-42)51-26-11-13-28-56(51)67(57)45-20-5-2-6-21-45/h1-38H. The van der Waals surface area contributed by atoms with Gasteiger partial charge in [-0.15, -0.1) is 0 Å². The first-order valence-electron chi connectivity index (χ1n) is 23.0. The first kappa shape index (κ1) is 38.1. The molecule has 11 aromatic carbocycles. The Kier molecular flexibility index (Phi) is 8.52. The van der Waals surface area contributed by atoms with Crippen LogP contribution in [0.2, 0.25) is 0 Å². The van der Waals surface area contributed by atoms with Crippen LogP contribution in [-0.2, 0) is 0 Å². The number of hydrogen-bond donors (Lipinski definition) is 0. The Labute approximate surface area is 390 Å². The Balaban J connectivity index is 0.954. The molecule has 0 N–H and O–H groups in total. The topological polar surface area (TPSA) is 56.7 Å². The van der Waals surface area contributed by atoms with Crippen molar-refractivity contribution in [1.29, 1.82) is 0 Å². The fraction of sp³-hybridized carbons (Fsp3) is 0. The highest BCUT2D eigenvalue weighted by Gasteiger charge is 2.21. The van der Waals surface area contributed by atoms with Gasteiger partial charge in [-0.05, 0) is 115 Å². The molecule has 0 saturated carbocycles. The Morgan fingerprint density at radius 3 is 1.54 bits per heavy atom. The average molecular weight is 867 g/mol. The molecule has 68 heavy (non-hydrogen) atoms. The van der Waals surface area contributed by atoms with E-state index in [1.54, 1.807) is 0 Å².